The molecule has 2 aromatic heterocycles. The maximum Gasteiger partial charge on any atom is 0.266 e. The highest BCUT2D eigenvalue weighted by Crippen LogP contribution is 2.37. The SMILES string of the molecule is CC(C)(C)c1nc(N2CCC(F)(F)C2)c2cnn(C3CSC3)c2n1. The zero-order valence-electron chi connectivity index (χ0n) is 14.1. The third kappa shape index (κ3) is 2.64. The lowest BCUT2D eigenvalue weighted by Crippen LogP contribution is -2.28. The molecule has 0 bridgehead atoms. The fraction of sp³-hybridized carbons (Fsp3) is 0.688. The van der Waals surface area contributed by atoms with Crippen molar-refractivity contribution < 1.29 is 8.78 Å². The number of halogens is 2. The number of hydrogen-bond donors (Lipinski definition) is 0. The first kappa shape index (κ1) is 16.1. The normalized spacial score (nSPS) is 21.5. The molecule has 4 rings (SSSR count). The Hall–Kier alpha value is -1.44. The molecule has 2 aliphatic heterocycles. The summed E-state index contributed by atoms with van der Waals surface area (Å²) in [7, 11) is 0. The fourth-order valence-electron chi connectivity index (χ4n) is 3.04. The van der Waals surface area contributed by atoms with Crippen LogP contribution >= 0.6 is 11.8 Å². The van der Waals surface area contributed by atoms with Crippen LogP contribution in [0.5, 0.6) is 0 Å². The van der Waals surface area contributed by atoms with Gasteiger partial charge in [0.25, 0.3) is 5.92 Å². The predicted molar refractivity (Wildman–Crippen MR) is 92.2 cm³/mol. The van der Waals surface area contributed by atoms with Gasteiger partial charge in [0, 0.05) is 29.9 Å². The molecule has 8 heteroatoms. The Morgan fingerprint density at radius 3 is 2.54 bits per heavy atom. The van der Waals surface area contributed by atoms with Gasteiger partial charge in [-0.2, -0.15) is 16.9 Å². The summed E-state index contributed by atoms with van der Waals surface area (Å²) in [5, 5.41) is 5.27. The molecule has 0 saturated carbocycles. The standard InChI is InChI=1S/C16H21F2N5S/c1-15(2,3)14-20-12(22-5-4-16(17,18)9-22)11-6-19-23(13(11)21-14)10-7-24-8-10/h6,10H,4-5,7-9H2,1-3H3. The predicted octanol–water partition coefficient (Wildman–Crippen LogP) is 3.26. The highest BCUT2D eigenvalue weighted by molar-refractivity contribution is 8.00. The van der Waals surface area contributed by atoms with Crippen molar-refractivity contribution in [1.29, 1.82) is 0 Å². The molecule has 130 valence electrons. The van der Waals surface area contributed by atoms with Crippen molar-refractivity contribution in [2.75, 3.05) is 29.5 Å². The summed E-state index contributed by atoms with van der Waals surface area (Å²) in [6, 6.07) is 0.336. The first-order valence-electron chi connectivity index (χ1n) is 8.21. The van der Waals surface area contributed by atoms with E-state index in [-0.39, 0.29) is 18.4 Å². The summed E-state index contributed by atoms with van der Waals surface area (Å²) in [5.41, 5.74) is 0.514. The number of anilines is 1. The lowest BCUT2D eigenvalue weighted by Gasteiger charge is -2.26. The van der Waals surface area contributed by atoms with Gasteiger partial charge in [0.2, 0.25) is 0 Å². The van der Waals surface area contributed by atoms with Crippen molar-refractivity contribution in [2.24, 2.45) is 0 Å². The third-order valence-electron chi connectivity index (χ3n) is 4.54. The maximum atomic E-state index is 13.7. The minimum Gasteiger partial charge on any atom is -0.350 e. The zero-order chi connectivity index (χ0) is 17.1. The summed E-state index contributed by atoms with van der Waals surface area (Å²) >= 11 is 1.88. The molecule has 0 aliphatic carbocycles. The van der Waals surface area contributed by atoms with Crippen LogP contribution in [0.3, 0.4) is 0 Å². The van der Waals surface area contributed by atoms with E-state index in [0.717, 1.165) is 22.5 Å². The molecule has 4 heterocycles. The number of rotatable bonds is 2. The van der Waals surface area contributed by atoms with Crippen molar-refractivity contribution in [3.8, 4) is 0 Å². The summed E-state index contributed by atoms with van der Waals surface area (Å²) < 4.78 is 29.4. The number of thioether (sulfide) groups is 1. The molecule has 0 amide bonds. The zero-order valence-corrected chi connectivity index (χ0v) is 14.9. The Labute approximate surface area is 143 Å². The molecule has 2 aromatic rings. The molecule has 0 unspecified atom stereocenters. The van der Waals surface area contributed by atoms with E-state index in [1.54, 1.807) is 11.1 Å². The maximum absolute atomic E-state index is 13.7. The van der Waals surface area contributed by atoms with Gasteiger partial charge in [0.1, 0.15) is 11.6 Å². The number of hydrogen-bond acceptors (Lipinski definition) is 5. The molecule has 2 saturated heterocycles. The molecule has 0 spiro atoms. The Balaban J connectivity index is 1.86. The van der Waals surface area contributed by atoms with E-state index in [2.05, 4.69) is 10.1 Å². The van der Waals surface area contributed by atoms with Crippen LogP contribution in [-0.2, 0) is 5.41 Å². The summed E-state index contributed by atoms with van der Waals surface area (Å²) in [5.74, 6) is 0.653. The van der Waals surface area contributed by atoms with E-state index in [0.29, 0.717) is 24.2 Å². The van der Waals surface area contributed by atoms with Gasteiger partial charge in [-0.05, 0) is 0 Å². The molecular formula is C16H21F2N5S. The van der Waals surface area contributed by atoms with E-state index in [4.69, 9.17) is 4.98 Å². The Bertz CT molecular complexity index is 779. The number of nitrogens with zero attached hydrogens (tertiary/aromatic N) is 5. The topological polar surface area (TPSA) is 46.8 Å². The molecular weight excluding hydrogens is 332 g/mol. The first-order chi connectivity index (χ1) is 11.2. The van der Waals surface area contributed by atoms with Crippen LogP contribution in [0.4, 0.5) is 14.6 Å². The molecule has 0 aromatic carbocycles. The Kier molecular flexibility index (Phi) is 3.53. The van der Waals surface area contributed by atoms with Crippen LogP contribution in [0.25, 0.3) is 11.0 Å². The summed E-state index contributed by atoms with van der Waals surface area (Å²) in [4.78, 5) is 11.1. The number of aromatic nitrogens is 4. The first-order valence-corrected chi connectivity index (χ1v) is 9.36. The van der Waals surface area contributed by atoms with Gasteiger partial charge in [-0.3, -0.25) is 0 Å². The minimum atomic E-state index is -2.65. The average Bonchev–Trinajstić information content (AvgIpc) is 2.99. The Morgan fingerprint density at radius 1 is 1.25 bits per heavy atom. The fourth-order valence-corrected chi connectivity index (χ4v) is 3.76. The number of alkyl halides is 2. The molecule has 0 N–H and O–H groups in total. The second-order valence-electron chi connectivity index (χ2n) is 7.67. The van der Waals surface area contributed by atoms with Gasteiger partial charge < -0.3 is 4.90 Å². The largest absolute Gasteiger partial charge is 0.350 e. The van der Waals surface area contributed by atoms with Gasteiger partial charge in [-0.25, -0.2) is 23.4 Å². The van der Waals surface area contributed by atoms with E-state index in [9.17, 15) is 8.78 Å². The molecule has 24 heavy (non-hydrogen) atoms. The van der Waals surface area contributed by atoms with Crippen LogP contribution in [-0.4, -0.2) is 50.3 Å². The summed E-state index contributed by atoms with van der Waals surface area (Å²) in [6.07, 6.45) is 1.60. The van der Waals surface area contributed by atoms with Crippen molar-refractivity contribution >= 4 is 28.6 Å². The third-order valence-corrected chi connectivity index (χ3v) is 5.78. The highest BCUT2D eigenvalue weighted by Gasteiger charge is 2.40. The summed E-state index contributed by atoms with van der Waals surface area (Å²) in [6.45, 7) is 6.14. The van der Waals surface area contributed by atoms with E-state index in [1.807, 2.05) is 37.2 Å². The van der Waals surface area contributed by atoms with Gasteiger partial charge in [0.15, 0.2) is 5.65 Å². The molecule has 0 radical (unpaired) electrons. The van der Waals surface area contributed by atoms with Gasteiger partial charge in [-0.1, -0.05) is 20.8 Å². The molecule has 5 nitrogen and oxygen atoms in total. The molecule has 2 fully saturated rings. The van der Waals surface area contributed by atoms with Crippen molar-refractivity contribution in [3.63, 3.8) is 0 Å². The van der Waals surface area contributed by atoms with Crippen LogP contribution < -0.4 is 4.90 Å². The second-order valence-corrected chi connectivity index (χ2v) is 8.74. The molecule has 0 atom stereocenters. The van der Waals surface area contributed by atoms with E-state index in [1.165, 1.54) is 0 Å². The van der Waals surface area contributed by atoms with Gasteiger partial charge >= 0.3 is 0 Å². The lowest BCUT2D eigenvalue weighted by atomic mass is 9.95. The lowest BCUT2D eigenvalue weighted by molar-refractivity contribution is 0.0257. The second kappa shape index (κ2) is 5.28. The van der Waals surface area contributed by atoms with Crippen molar-refractivity contribution in [1.82, 2.24) is 19.7 Å². The minimum absolute atomic E-state index is 0.128. The smallest absolute Gasteiger partial charge is 0.266 e. The Morgan fingerprint density at radius 2 is 2.00 bits per heavy atom. The van der Waals surface area contributed by atoms with Gasteiger partial charge in [0.05, 0.1) is 24.2 Å². The highest BCUT2D eigenvalue weighted by atomic mass is 32.2. The average molecular weight is 353 g/mol. The molecule has 2 aliphatic rings. The van der Waals surface area contributed by atoms with Crippen LogP contribution in [0.1, 0.15) is 39.1 Å². The van der Waals surface area contributed by atoms with E-state index >= 15 is 0 Å². The number of fused-ring (bicyclic) bond motifs is 1. The van der Waals surface area contributed by atoms with Crippen LogP contribution in [0.2, 0.25) is 0 Å². The van der Waals surface area contributed by atoms with Crippen LogP contribution in [0, 0.1) is 0 Å². The quantitative estimate of drug-likeness (QED) is 0.829. The van der Waals surface area contributed by atoms with Crippen molar-refractivity contribution in [2.45, 2.75) is 44.6 Å². The van der Waals surface area contributed by atoms with Crippen LogP contribution in [0.15, 0.2) is 6.20 Å². The van der Waals surface area contributed by atoms with E-state index < -0.39 is 5.92 Å². The van der Waals surface area contributed by atoms with Crippen molar-refractivity contribution in [3.05, 3.63) is 12.0 Å². The van der Waals surface area contributed by atoms with Gasteiger partial charge in [-0.15, -0.1) is 0 Å². The monoisotopic (exact) mass is 353 g/mol.